The van der Waals surface area contributed by atoms with Crippen molar-refractivity contribution in [2.75, 3.05) is 6.54 Å². The molecule has 39 heavy (non-hydrogen) atoms. The summed E-state index contributed by atoms with van der Waals surface area (Å²) in [6.45, 7) is 5.55. The predicted molar refractivity (Wildman–Crippen MR) is 148 cm³/mol. The van der Waals surface area contributed by atoms with Crippen molar-refractivity contribution in [3.63, 3.8) is 0 Å². The third-order valence-corrected chi connectivity index (χ3v) is 6.11. The minimum Gasteiger partial charge on any atom is -0.480 e. The standard InChI is InChI=1S/C26H40N8O5/c1-14(2)11-18(27)23(36)32-15(3)22(35)34-21(12-16-13-31-19-8-5-4-7-17(16)19)24(37)33-20(25(38)39)9-6-10-30-26(28)29/h4-5,7-8,13-15,18,20-21,31H,6,9-12,27H2,1-3H3,(H,32,36)(H,33,37)(H,34,35)(H,38,39)(H4,28,29,30). The molecule has 0 aliphatic heterocycles. The summed E-state index contributed by atoms with van der Waals surface area (Å²) < 4.78 is 0. The highest BCUT2D eigenvalue weighted by molar-refractivity contribution is 5.94. The maximum atomic E-state index is 13.3. The van der Waals surface area contributed by atoms with Crippen LogP contribution in [0.3, 0.4) is 0 Å². The van der Waals surface area contributed by atoms with Crippen molar-refractivity contribution in [1.82, 2.24) is 20.9 Å². The van der Waals surface area contributed by atoms with Crippen LogP contribution < -0.4 is 33.2 Å². The number of benzene rings is 1. The quantitative estimate of drug-likeness (QED) is 0.0840. The number of aliphatic carboxylic acids is 1. The molecule has 0 saturated heterocycles. The summed E-state index contributed by atoms with van der Waals surface area (Å²) >= 11 is 0. The number of aromatic amines is 1. The van der Waals surface area contributed by atoms with Crippen LogP contribution in [-0.4, -0.2) is 70.5 Å². The molecule has 11 N–H and O–H groups in total. The molecule has 0 saturated carbocycles. The Bertz CT molecular complexity index is 1170. The van der Waals surface area contributed by atoms with Gasteiger partial charge in [-0.25, -0.2) is 4.79 Å². The molecule has 0 fully saturated rings. The van der Waals surface area contributed by atoms with Gasteiger partial charge in [0.05, 0.1) is 6.04 Å². The molecule has 0 spiro atoms. The number of H-pyrrole nitrogens is 1. The third kappa shape index (κ3) is 9.93. The number of fused-ring (bicyclic) bond motifs is 1. The first-order valence-electron chi connectivity index (χ1n) is 12.9. The minimum absolute atomic E-state index is 0.0752. The number of aliphatic imine (C=N–C) groups is 1. The predicted octanol–water partition coefficient (Wildman–Crippen LogP) is -0.304. The monoisotopic (exact) mass is 544 g/mol. The van der Waals surface area contributed by atoms with Gasteiger partial charge >= 0.3 is 5.97 Å². The molecule has 13 heteroatoms. The number of guanidine groups is 1. The Hall–Kier alpha value is -4.13. The van der Waals surface area contributed by atoms with E-state index in [2.05, 4.69) is 25.9 Å². The molecule has 2 aromatic rings. The van der Waals surface area contributed by atoms with E-state index in [4.69, 9.17) is 17.2 Å². The Kier molecular flexibility index (Phi) is 11.7. The number of nitrogens with one attached hydrogen (secondary N) is 4. The summed E-state index contributed by atoms with van der Waals surface area (Å²) in [5.41, 5.74) is 18.1. The Morgan fingerprint density at radius 2 is 1.64 bits per heavy atom. The Morgan fingerprint density at radius 1 is 0.974 bits per heavy atom. The number of amides is 3. The van der Waals surface area contributed by atoms with Gasteiger partial charge in [0.25, 0.3) is 0 Å². The zero-order valence-electron chi connectivity index (χ0n) is 22.6. The van der Waals surface area contributed by atoms with E-state index in [-0.39, 0.29) is 31.3 Å². The highest BCUT2D eigenvalue weighted by Crippen LogP contribution is 2.19. The van der Waals surface area contributed by atoms with E-state index in [1.165, 1.54) is 6.92 Å². The molecular formula is C26H40N8O5. The second-order valence-corrected chi connectivity index (χ2v) is 9.94. The molecule has 4 unspecified atom stereocenters. The van der Waals surface area contributed by atoms with E-state index in [0.717, 1.165) is 16.5 Å². The van der Waals surface area contributed by atoms with E-state index in [1.807, 2.05) is 38.1 Å². The van der Waals surface area contributed by atoms with E-state index in [0.29, 0.717) is 12.8 Å². The SMILES string of the molecule is CC(C)CC(N)C(=O)NC(C)C(=O)NC(Cc1c[nH]c2ccccc12)C(=O)NC(CCCN=C(N)N)C(=O)O. The molecule has 0 bridgehead atoms. The van der Waals surface area contributed by atoms with Gasteiger partial charge in [0.1, 0.15) is 18.1 Å². The fourth-order valence-electron chi connectivity index (χ4n) is 4.06. The molecule has 13 nitrogen and oxygen atoms in total. The topological polar surface area (TPSA) is 231 Å². The van der Waals surface area contributed by atoms with Crippen LogP contribution >= 0.6 is 0 Å². The van der Waals surface area contributed by atoms with Gasteiger partial charge < -0.3 is 43.2 Å². The second kappa shape index (κ2) is 14.7. The summed E-state index contributed by atoms with van der Waals surface area (Å²) in [5.74, 6) is -2.92. The number of carbonyl (C=O) groups excluding carboxylic acids is 3. The lowest BCUT2D eigenvalue weighted by atomic mass is 10.0. The van der Waals surface area contributed by atoms with Gasteiger partial charge in [-0.2, -0.15) is 0 Å². The molecule has 1 aromatic heterocycles. The van der Waals surface area contributed by atoms with E-state index >= 15 is 0 Å². The Morgan fingerprint density at radius 3 is 2.28 bits per heavy atom. The van der Waals surface area contributed by atoms with Crippen molar-refractivity contribution in [2.24, 2.45) is 28.1 Å². The highest BCUT2D eigenvalue weighted by Gasteiger charge is 2.29. The number of hydrogen-bond acceptors (Lipinski definition) is 6. The van der Waals surface area contributed by atoms with Crippen molar-refractivity contribution in [3.05, 3.63) is 36.0 Å². The molecule has 3 amide bonds. The molecule has 0 aliphatic rings. The van der Waals surface area contributed by atoms with Gasteiger partial charge in [-0.1, -0.05) is 32.0 Å². The number of carboxylic acid groups (broad SMARTS) is 1. The largest absolute Gasteiger partial charge is 0.480 e. The second-order valence-electron chi connectivity index (χ2n) is 9.94. The van der Waals surface area contributed by atoms with E-state index in [1.54, 1.807) is 6.20 Å². The first-order valence-corrected chi connectivity index (χ1v) is 12.9. The van der Waals surface area contributed by atoms with Crippen LogP contribution in [0, 0.1) is 5.92 Å². The van der Waals surface area contributed by atoms with Crippen LogP contribution in [0.15, 0.2) is 35.5 Å². The number of carboxylic acids is 1. The number of nitrogens with zero attached hydrogens (tertiary/aromatic N) is 1. The van der Waals surface area contributed by atoms with E-state index in [9.17, 15) is 24.3 Å². The van der Waals surface area contributed by atoms with Crippen molar-refractivity contribution in [2.45, 2.75) is 70.6 Å². The lowest BCUT2D eigenvalue weighted by molar-refractivity contribution is -0.142. The molecule has 214 valence electrons. The van der Waals surface area contributed by atoms with Crippen molar-refractivity contribution in [3.8, 4) is 0 Å². The summed E-state index contributed by atoms with van der Waals surface area (Å²) in [6, 6.07) is 3.36. The minimum atomic E-state index is -1.23. The van der Waals surface area contributed by atoms with Crippen LogP contribution in [-0.2, 0) is 25.6 Å². The third-order valence-electron chi connectivity index (χ3n) is 6.11. The van der Waals surface area contributed by atoms with Gasteiger partial charge in [-0.15, -0.1) is 0 Å². The first kappa shape index (κ1) is 31.1. The molecule has 4 atom stereocenters. The van der Waals surface area contributed by atoms with Crippen molar-refractivity contribution in [1.29, 1.82) is 0 Å². The zero-order valence-corrected chi connectivity index (χ0v) is 22.6. The number of hydrogen-bond donors (Lipinski definition) is 8. The van der Waals surface area contributed by atoms with Crippen LogP contribution in [0.25, 0.3) is 10.9 Å². The van der Waals surface area contributed by atoms with Crippen LogP contribution in [0.4, 0.5) is 0 Å². The number of aromatic nitrogens is 1. The summed E-state index contributed by atoms with van der Waals surface area (Å²) in [7, 11) is 0. The molecular weight excluding hydrogens is 504 g/mol. The van der Waals surface area contributed by atoms with Crippen molar-refractivity contribution >= 4 is 40.6 Å². The highest BCUT2D eigenvalue weighted by atomic mass is 16.4. The molecule has 2 rings (SSSR count). The van der Waals surface area contributed by atoms with Gasteiger partial charge in [0, 0.05) is 30.1 Å². The smallest absolute Gasteiger partial charge is 0.326 e. The molecule has 1 heterocycles. The van der Waals surface area contributed by atoms with Gasteiger partial charge in [-0.05, 0) is 43.7 Å². The molecule has 1 aromatic carbocycles. The van der Waals surface area contributed by atoms with Crippen LogP contribution in [0.2, 0.25) is 0 Å². The van der Waals surface area contributed by atoms with Gasteiger partial charge in [0.2, 0.25) is 17.7 Å². The summed E-state index contributed by atoms with van der Waals surface area (Å²) in [4.78, 5) is 57.5. The number of para-hydroxylation sites is 1. The lowest BCUT2D eigenvalue weighted by Gasteiger charge is -2.24. The van der Waals surface area contributed by atoms with Gasteiger partial charge in [-0.3, -0.25) is 19.4 Å². The van der Waals surface area contributed by atoms with E-state index < -0.39 is 47.9 Å². The molecule has 0 radical (unpaired) electrons. The normalized spacial score (nSPS) is 14.2. The number of nitrogens with two attached hydrogens (primary N) is 3. The average molecular weight is 545 g/mol. The number of carbonyl (C=O) groups is 4. The van der Waals surface area contributed by atoms with Crippen molar-refractivity contribution < 1.29 is 24.3 Å². The maximum absolute atomic E-state index is 13.3. The summed E-state index contributed by atoms with van der Waals surface area (Å²) in [5, 5.41) is 18.3. The summed E-state index contributed by atoms with van der Waals surface area (Å²) in [6.07, 6.45) is 2.65. The molecule has 0 aliphatic carbocycles. The van der Waals surface area contributed by atoms with Crippen LogP contribution in [0.5, 0.6) is 0 Å². The lowest BCUT2D eigenvalue weighted by Crippen LogP contribution is -2.57. The fourth-order valence-corrected chi connectivity index (χ4v) is 4.06. The number of rotatable bonds is 15. The average Bonchev–Trinajstić information content (AvgIpc) is 3.27. The maximum Gasteiger partial charge on any atom is 0.326 e. The Balaban J connectivity index is 2.18. The first-order chi connectivity index (χ1) is 18.4. The van der Waals surface area contributed by atoms with Crippen LogP contribution in [0.1, 0.15) is 45.6 Å². The fraction of sp³-hybridized carbons (Fsp3) is 0.500. The zero-order chi connectivity index (χ0) is 29.1. The van der Waals surface area contributed by atoms with Gasteiger partial charge in [0.15, 0.2) is 5.96 Å². The Labute approximate surface area is 227 Å².